The highest BCUT2D eigenvalue weighted by Gasteiger charge is 2.10. The van der Waals surface area contributed by atoms with Gasteiger partial charge in [-0.15, -0.1) is 0 Å². The van der Waals surface area contributed by atoms with Crippen molar-refractivity contribution >= 4 is 33.3 Å². The zero-order valence-corrected chi connectivity index (χ0v) is 13.5. The smallest absolute Gasteiger partial charge is 0.0197 e. The van der Waals surface area contributed by atoms with Gasteiger partial charge in [-0.05, 0) is 54.4 Å². The van der Waals surface area contributed by atoms with Crippen molar-refractivity contribution in [1.29, 1.82) is 0 Å². The molecule has 0 aliphatic carbocycles. The minimum absolute atomic E-state index is 0.979. The maximum Gasteiger partial charge on any atom is 0.0197 e. The fourth-order valence-corrected chi connectivity index (χ4v) is 3.56. The topological polar surface area (TPSA) is 12.0 Å². The van der Waals surface area contributed by atoms with E-state index in [1.807, 2.05) is 11.8 Å². The molecule has 3 rings (SSSR count). The van der Waals surface area contributed by atoms with E-state index < -0.39 is 0 Å². The Kier molecular flexibility index (Phi) is 4.61. The molecule has 0 unspecified atom stereocenters. The fourth-order valence-electron chi connectivity index (χ4n) is 2.32. The van der Waals surface area contributed by atoms with E-state index in [1.165, 1.54) is 20.9 Å². The van der Waals surface area contributed by atoms with Gasteiger partial charge in [0.15, 0.2) is 0 Å². The van der Waals surface area contributed by atoms with E-state index in [-0.39, 0.29) is 0 Å². The number of benzene rings is 2. The number of hydrogen-bond acceptors (Lipinski definition) is 2. The Bertz CT molecular complexity index is 619. The summed E-state index contributed by atoms with van der Waals surface area (Å²) in [6, 6.07) is 17.2. The molecule has 1 N–H and O–H groups in total. The van der Waals surface area contributed by atoms with E-state index in [1.54, 1.807) is 0 Å². The molecule has 20 heavy (non-hydrogen) atoms. The van der Waals surface area contributed by atoms with Gasteiger partial charge in [0, 0.05) is 20.8 Å². The van der Waals surface area contributed by atoms with Gasteiger partial charge < -0.3 is 5.32 Å². The molecule has 2 aromatic carbocycles. The van der Waals surface area contributed by atoms with Crippen LogP contribution in [0.3, 0.4) is 0 Å². The molecule has 2 aromatic rings. The highest BCUT2D eigenvalue weighted by atomic mass is 79.9. The molecule has 3 heteroatoms. The molecule has 102 valence electrons. The number of rotatable bonds is 3. The van der Waals surface area contributed by atoms with Crippen LogP contribution >= 0.6 is 27.7 Å². The van der Waals surface area contributed by atoms with Crippen LogP contribution in [-0.2, 0) is 0 Å². The fraction of sp³-hybridized carbons (Fsp3) is 0.176. The normalized spacial score (nSPS) is 14.9. The summed E-state index contributed by atoms with van der Waals surface area (Å²) in [5, 5.41) is 3.37. The van der Waals surface area contributed by atoms with Crippen molar-refractivity contribution in [2.24, 2.45) is 0 Å². The van der Waals surface area contributed by atoms with E-state index in [2.05, 4.69) is 75.9 Å². The summed E-state index contributed by atoms with van der Waals surface area (Å²) in [7, 11) is 0. The lowest BCUT2D eigenvalue weighted by molar-refractivity contribution is 0.737. The number of nitrogens with one attached hydrogen (secondary N) is 1. The van der Waals surface area contributed by atoms with Crippen LogP contribution < -0.4 is 5.32 Å². The molecule has 0 spiro atoms. The molecule has 1 heterocycles. The van der Waals surface area contributed by atoms with Crippen LogP contribution in [0.4, 0.5) is 0 Å². The van der Waals surface area contributed by atoms with Gasteiger partial charge in [0.25, 0.3) is 0 Å². The molecule has 1 aliphatic heterocycles. The van der Waals surface area contributed by atoms with Crippen LogP contribution in [0.15, 0.2) is 68.9 Å². The molecule has 0 bridgehead atoms. The lowest BCUT2D eigenvalue weighted by Crippen LogP contribution is -2.20. The summed E-state index contributed by atoms with van der Waals surface area (Å²) < 4.78 is 1.12. The first-order chi connectivity index (χ1) is 9.83. The molecule has 0 saturated heterocycles. The van der Waals surface area contributed by atoms with Crippen molar-refractivity contribution in [2.75, 3.05) is 13.1 Å². The van der Waals surface area contributed by atoms with Gasteiger partial charge in [-0.25, -0.2) is 0 Å². The van der Waals surface area contributed by atoms with Crippen molar-refractivity contribution in [3.05, 3.63) is 64.6 Å². The van der Waals surface area contributed by atoms with E-state index >= 15 is 0 Å². The van der Waals surface area contributed by atoms with Gasteiger partial charge in [0.2, 0.25) is 0 Å². The highest BCUT2D eigenvalue weighted by Crippen LogP contribution is 2.35. The molecule has 0 amide bonds. The van der Waals surface area contributed by atoms with Crippen molar-refractivity contribution in [1.82, 2.24) is 5.32 Å². The third-order valence-electron chi connectivity index (χ3n) is 3.34. The molecular weight excluding hydrogens is 330 g/mol. The van der Waals surface area contributed by atoms with Crippen molar-refractivity contribution < 1.29 is 0 Å². The van der Waals surface area contributed by atoms with Crippen LogP contribution in [-0.4, -0.2) is 13.1 Å². The van der Waals surface area contributed by atoms with E-state index in [9.17, 15) is 0 Å². The molecule has 0 aromatic heterocycles. The minimum atomic E-state index is 0.979. The predicted molar refractivity (Wildman–Crippen MR) is 90.2 cm³/mol. The second kappa shape index (κ2) is 6.61. The van der Waals surface area contributed by atoms with Crippen LogP contribution in [0.25, 0.3) is 5.57 Å². The highest BCUT2D eigenvalue weighted by molar-refractivity contribution is 9.10. The van der Waals surface area contributed by atoms with Gasteiger partial charge >= 0.3 is 0 Å². The van der Waals surface area contributed by atoms with Gasteiger partial charge in [0.1, 0.15) is 0 Å². The molecule has 1 aliphatic rings. The van der Waals surface area contributed by atoms with E-state index in [0.717, 1.165) is 24.0 Å². The summed E-state index contributed by atoms with van der Waals surface area (Å²) in [4.78, 5) is 2.61. The lowest BCUT2D eigenvalue weighted by Gasteiger charge is -2.17. The first-order valence-electron chi connectivity index (χ1n) is 6.75. The summed E-state index contributed by atoms with van der Waals surface area (Å²) in [5.74, 6) is 0. The van der Waals surface area contributed by atoms with Crippen molar-refractivity contribution in [3.63, 3.8) is 0 Å². The first kappa shape index (κ1) is 13.9. The average molecular weight is 346 g/mol. The first-order valence-corrected chi connectivity index (χ1v) is 8.36. The Labute approximate surface area is 132 Å². The SMILES string of the molecule is Brc1ccc(Sc2ccccc2C2=CCNCC2)cc1. The Morgan fingerprint density at radius 2 is 1.80 bits per heavy atom. The standard InChI is InChI=1S/C17H16BrNS/c18-14-5-7-15(8-6-14)20-17-4-2-1-3-16(17)13-9-11-19-12-10-13/h1-9,19H,10-12H2. The zero-order valence-electron chi connectivity index (χ0n) is 11.1. The maximum atomic E-state index is 3.48. The van der Waals surface area contributed by atoms with Crippen LogP contribution in [0.1, 0.15) is 12.0 Å². The Balaban J connectivity index is 1.89. The van der Waals surface area contributed by atoms with Gasteiger partial charge in [-0.2, -0.15) is 0 Å². The zero-order chi connectivity index (χ0) is 13.8. The number of hydrogen-bond donors (Lipinski definition) is 1. The lowest BCUT2D eigenvalue weighted by atomic mass is 10.0. The quantitative estimate of drug-likeness (QED) is 0.841. The molecule has 0 saturated carbocycles. The van der Waals surface area contributed by atoms with Crippen LogP contribution in [0.5, 0.6) is 0 Å². The third-order valence-corrected chi connectivity index (χ3v) is 4.95. The molecule has 0 atom stereocenters. The average Bonchev–Trinajstić information content (AvgIpc) is 2.51. The van der Waals surface area contributed by atoms with Gasteiger partial charge in [-0.1, -0.05) is 52.0 Å². The number of halogens is 1. The predicted octanol–water partition coefficient (Wildman–Crippen LogP) is 4.98. The maximum absolute atomic E-state index is 3.48. The Morgan fingerprint density at radius 3 is 2.55 bits per heavy atom. The molecule has 0 fully saturated rings. The molecular formula is C17H16BrNS. The van der Waals surface area contributed by atoms with Gasteiger partial charge in [0.05, 0.1) is 0 Å². The van der Waals surface area contributed by atoms with E-state index in [4.69, 9.17) is 0 Å². The van der Waals surface area contributed by atoms with Crippen molar-refractivity contribution in [2.45, 2.75) is 16.2 Å². The molecule has 1 nitrogen and oxygen atoms in total. The third kappa shape index (κ3) is 3.35. The summed E-state index contributed by atoms with van der Waals surface area (Å²) in [6.07, 6.45) is 3.42. The Hall–Kier alpha value is -1.03. The van der Waals surface area contributed by atoms with Crippen LogP contribution in [0.2, 0.25) is 0 Å². The summed E-state index contributed by atoms with van der Waals surface area (Å²) >= 11 is 5.32. The Morgan fingerprint density at radius 1 is 1.00 bits per heavy atom. The largest absolute Gasteiger partial charge is 0.313 e. The molecule has 0 radical (unpaired) electrons. The minimum Gasteiger partial charge on any atom is -0.313 e. The van der Waals surface area contributed by atoms with Crippen LogP contribution in [0, 0.1) is 0 Å². The second-order valence-electron chi connectivity index (χ2n) is 4.74. The van der Waals surface area contributed by atoms with Gasteiger partial charge in [-0.3, -0.25) is 0 Å². The summed E-state index contributed by atoms with van der Waals surface area (Å²) in [6.45, 7) is 2.05. The van der Waals surface area contributed by atoms with E-state index in [0.29, 0.717) is 0 Å². The summed E-state index contributed by atoms with van der Waals surface area (Å²) in [5.41, 5.74) is 2.84. The van der Waals surface area contributed by atoms with Crippen molar-refractivity contribution in [3.8, 4) is 0 Å². The monoisotopic (exact) mass is 345 g/mol. The second-order valence-corrected chi connectivity index (χ2v) is 6.77.